The van der Waals surface area contributed by atoms with Gasteiger partial charge in [0.1, 0.15) is 6.04 Å². The Labute approximate surface area is 163 Å². The van der Waals surface area contributed by atoms with Crippen LogP contribution in [0.1, 0.15) is 17.7 Å². The van der Waals surface area contributed by atoms with Crippen LogP contribution in [0.15, 0.2) is 24.5 Å². The first-order chi connectivity index (χ1) is 13.7. The summed E-state index contributed by atoms with van der Waals surface area (Å²) in [6.45, 7) is 2.37. The first-order valence-electron chi connectivity index (χ1n) is 9.18. The number of nitrogens with one attached hydrogen (secondary N) is 1. The highest BCUT2D eigenvalue weighted by Gasteiger charge is 2.55. The number of primary amides is 1. The fourth-order valence-electron chi connectivity index (χ4n) is 4.33. The van der Waals surface area contributed by atoms with E-state index in [2.05, 4.69) is 20.2 Å². The summed E-state index contributed by atoms with van der Waals surface area (Å²) in [6, 6.07) is 1.68. The average Bonchev–Trinajstić information content (AvgIpc) is 3.09. The monoisotopic (exact) mass is 402 g/mol. The summed E-state index contributed by atoms with van der Waals surface area (Å²) in [7, 11) is 0. The van der Waals surface area contributed by atoms with Crippen LogP contribution in [-0.2, 0) is 11.0 Å². The topological polar surface area (TPSA) is 101 Å². The number of rotatable bonds is 3. The molecule has 1 aliphatic carbocycles. The van der Waals surface area contributed by atoms with Crippen LogP contribution in [-0.4, -0.2) is 38.7 Å². The van der Waals surface area contributed by atoms with E-state index < -0.39 is 23.7 Å². The van der Waals surface area contributed by atoms with Gasteiger partial charge in [-0.1, -0.05) is 0 Å². The zero-order valence-electron chi connectivity index (χ0n) is 15.4. The van der Waals surface area contributed by atoms with Gasteiger partial charge in [0.2, 0.25) is 11.9 Å². The summed E-state index contributed by atoms with van der Waals surface area (Å²) in [4.78, 5) is 22.5. The number of hydrogen-bond acceptors (Lipinski definition) is 5. The molecule has 0 bridgehead atoms. The fourth-order valence-corrected chi connectivity index (χ4v) is 4.33. The Hall–Kier alpha value is -3.17. The van der Waals surface area contributed by atoms with E-state index in [4.69, 9.17) is 5.73 Å². The van der Waals surface area contributed by atoms with E-state index in [1.807, 2.05) is 0 Å². The lowest BCUT2D eigenvalue weighted by Gasteiger charge is -2.25. The number of piperidine rings is 1. The van der Waals surface area contributed by atoms with Gasteiger partial charge in [0.15, 0.2) is 0 Å². The van der Waals surface area contributed by atoms with Crippen molar-refractivity contribution in [2.24, 2.45) is 17.6 Å². The summed E-state index contributed by atoms with van der Waals surface area (Å²) in [5.74, 6) is 0.631. The normalized spacial score (nSPS) is 23.4. The minimum atomic E-state index is -4.49. The van der Waals surface area contributed by atoms with Crippen molar-refractivity contribution in [3.8, 4) is 11.1 Å². The zero-order valence-corrected chi connectivity index (χ0v) is 15.4. The maximum absolute atomic E-state index is 13.3. The van der Waals surface area contributed by atoms with Gasteiger partial charge in [-0.25, -0.2) is 9.97 Å². The van der Waals surface area contributed by atoms with Crippen LogP contribution in [0.25, 0.3) is 22.0 Å². The van der Waals surface area contributed by atoms with Crippen LogP contribution >= 0.6 is 0 Å². The van der Waals surface area contributed by atoms with Crippen LogP contribution < -0.4 is 10.6 Å². The Bertz CT molecular complexity index is 1140. The Balaban J connectivity index is 1.58. The second-order valence-electron chi connectivity index (χ2n) is 7.68. The van der Waals surface area contributed by atoms with Crippen LogP contribution in [0.3, 0.4) is 0 Å². The van der Waals surface area contributed by atoms with Crippen LogP contribution in [0.4, 0.5) is 19.1 Å². The molecule has 10 heteroatoms. The lowest BCUT2D eigenvalue weighted by Crippen LogP contribution is -2.44. The van der Waals surface area contributed by atoms with Gasteiger partial charge in [-0.15, -0.1) is 0 Å². The molecule has 0 spiro atoms. The van der Waals surface area contributed by atoms with Gasteiger partial charge >= 0.3 is 6.18 Å². The number of amides is 1. The Morgan fingerprint density at radius 3 is 2.76 bits per heavy atom. The molecule has 1 amide bonds. The SMILES string of the molecule is Cc1nc(N2CC3CC3C2C(N)=O)ncc1-c1cc(C(F)(F)F)cc2[nH]ncc12. The van der Waals surface area contributed by atoms with Crippen LogP contribution in [0, 0.1) is 18.8 Å². The number of aromatic amines is 1. The van der Waals surface area contributed by atoms with Gasteiger partial charge in [-0.05, 0) is 42.9 Å². The first kappa shape index (κ1) is 17.9. The molecule has 1 aliphatic heterocycles. The van der Waals surface area contributed by atoms with Crippen molar-refractivity contribution in [2.75, 3.05) is 11.4 Å². The van der Waals surface area contributed by atoms with E-state index in [0.717, 1.165) is 18.6 Å². The molecule has 5 rings (SSSR count). The van der Waals surface area contributed by atoms with E-state index in [-0.39, 0.29) is 11.4 Å². The first-order valence-corrected chi connectivity index (χ1v) is 9.18. The summed E-state index contributed by atoms with van der Waals surface area (Å²) >= 11 is 0. The van der Waals surface area contributed by atoms with Crippen molar-refractivity contribution < 1.29 is 18.0 Å². The summed E-state index contributed by atoms with van der Waals surface area (Å²) in [5.41, 5.74) is 6.41. The van der Waals surface area contributed by atoms with Crippen LogP contribution in [0.5, 0.6) is 0 Å². The van der Waals surface area contributed by atoms with Crippen molar-refractivity contribution in [2.45, 2.75) is 25.6 Å². The molecule has 1 saturated heterocycles. The molecular formula is C19H17F3N6O. The third-order valence-corrected chi connectivity index (χ3v) is 5.84. The number of carbonyl (C=O) groups excluding carboxylic acids is 1. The van der Waals surface area contributed by atoms with Crippen LogP contribution in [0.2, 0.25) is 0 Å². The summed E-state index contributed by atoms with van der Waals surface area (Å²) in [6.07, 6.45) is -0.533. The molecule has 7 nitrogen and oxygen atoms in total. The van der Waals surface area contributed by atoms with E-state index >= 15 is 0 Å². The van der Waals surface area contributed by atoms with Gasteiger partial charge in [0, 0.05) is 23.7 Å². The second-order valence-corrected chi connectivity index (χ2v) is 7.68. The summed E-state index contributed by atoms with van der Waals surface area (Å²) < 4.78 is 40.0. The predicted octanol–water partition coefficient (Wildman–Crippen LogP) is 2.66. The highest BCUT2D eigenvalue weighted by atomic mass is 19.4. The fraction of sp³-hybridized carbons (Fsp3) is 0.368. The molecule has 1 saturated carbocycles. The Morgan fingerprint density at radius 2 is 2.07 bits per heavy atom. The largest absolute Gasteiger partial charge is 0.416 e. The second kappa shape index (κ2) is 5.91. The minimum Gasteiger partial charge on any atom is -0.368 e. The Morgan fingerprint density at radius 1 is 1.28 bits per heavy atom. The number of H-pyrrole nitrogens is 1. The molecule has 2 fully saturated rings. The lowest BCUT2D eigenvalue weighted by atomic mass is 9.99. The maximum Gasteiger partial charge on any atom is 0.416 e. The van der Waals surface area contributed by atoms with Crippen molar-refractivity contribution >= 4 is 22.8 Å². The molecule has 2 aliphatic rings. The van der Waals surface area contributed by atoms with Crippen molar-refractivity contribution in [1.82, 2.24) is 20.2 Å². The smallest absolute Gasteiger partial charge is 0.368 e. The van der Waals surface area contributed by atoms with E-state index in [1.165, 1.54) is 12.4 Å². The molecule has 2 aromatic heterocycles. The molecule has 29 heavy (non-hydrogen) atoms. The number of fused-ring (bicyclic) bond motifs is 2. The minimum absolute atomic E-state index is 0.241. The standard InChI is InChI=1S/C19H17F3N6O/c1-8-13(12-3-10(19(20,21)22)4-15-14(12)6-25-27-15)5-24-18(26-8)28-7-9-2-11(9)16(28)17(23)29/h3-6,9,11,16H,2,7H2,1H3,(H2,23,29)(H,25,27). The molecule has 3 atom stereocenters. The number of anilines is 1. The maximum atomic E-state index is 13.3. The number of alkyl halides is 3. The van der Waals surface area contributed by atoms with Gasteiger partial charge < -0.3 is 10.6 Å². The average molecular weight is 402 g/mol. The number of benzene rings is 1. The molecular weight excluding hydrogens is 385 g/mol. The highest BCUT2D eigenvalue weighted by Crippen LogP contribution is 2.50. The highest BCUT2D eigenvalue weighted by molar-refractivity contribution is 5.95. The van der Waals surface area contributed by atoms with E-state index in [9.17, 15) is 18.0 Å². The molecule has 3 N–H and O–H groups in total. The van der Waals surface area contributed by atoms with Gasteiger partial charge in [-0.2, -0.15) is 18.3 Å². The molecule has 150 valence electrons. The number of nitrogens with zero attached hydrogens (tertiary/aromatic N) is 4. The number of halogens is 3. The van der Waals surface area contributed by atoms with Gasteiger partial charge in [0.05, 0.1) is 23.0 Å². The predicted molar refractivity (Wildman–Crippen MR) is 98.8 cm³/mol. The quantitative estimate of drug-likeness (QED) is 0.702. The number of aryl methyl sites for hydroxylation is 1. The lowest BCUT2D eigenvalue weighted by molar-refractivity contribution is -0.137. The van der Waals surface area contributed by atoms with Gasteiger partial charge in [0.25, 0.3) is 0 Å². The van der Waals surface area contributed by atoms with Crippen molar-refractivity contribution in [3.05, 3.63) is 35.8 Å². The third kappa shape index (κ3) is 2.81. The number of nitrogens with two attached hydrogens (primary N) is 1. The molecule has 3 heterocycles. The molecule has 3 unspecified atom stereocenters. The zero-order chi connectivity index (χ0) is 20.5. The number of hydrogen-bond donors (Lipinski definition) is 2. The van der Waals surface area contributed by atoms with Crippen molar-refractivity contribution in [1.29, 1.82) is 0 Å². The molecule has 0 radical (unpaired) electrons. The van der Waals surface area contributed by atoms with E-state index in [1.54, 1.807) is 11.8 Å². The van der Waals surface area contributed by atoms with Gasteiger partial charge in [-0.3, -0.25) is 9.89 Å². The molecule has 1 aromatic carbocycles. The van der Waals surface area contributed by atoms with Crippen molar-refractivity contribution in [3.63, 3.8) is 0 Å². The van der Waals surface area contributed by atoms with E-state index in [0.29, 0.717) is 40.6 Å². The third-order valence-electron chi connectivity index (χ3n) is 5.84. The number of aromatic nitrogens is 4. The number of carbonyl (C=O) groups is 1. The summed E-state index contributed by atoms with van der Waals surface area (Å²) in [5, 5.41) is 7.02. The molecule has 3 aromatic rings. The Kier molecular flexibility index (Phi) is 3.65.